The number of fused-ring (bicyclic) bond motifs is 4. The molecule has 1 aliphatic heterocycles. The zero-order valence-corrected chi connectivity index (χ0v) is 17.3. The van der Waals surface area contributed by atoms with E-state index in [9.17, 15) is 0 Å². The lowest BCUT2D eigenvalue weighted by molar-refractivity contribution is -0.861. The summed E-state index contributed by atoms with van der Waals surface area (Å²) >= 11 is 0. The van der Waals surface area contributed by atoms with Gasteiger partial charge in [-0.1, -0.05) is 41.4 Å². The van der Waals surface area contributed by atoms with E-state index in [-0.39, 0.29) is 5.92 Å². The van der Waals surface area contributed by atoms with Gasteiger partial charge in [0.25, 0.3) is 0 Å². The molecule has 6 heteroatoms. The van der Waals surface area contributed by atoms with Crippen molar-refractivity contribution in [1.82, 2.24) is 4.98 Å². The summed E-state index contributed by atoms with van der Waals surface area (Å²) in [5.74, 6) is 2.71. The Morgan fingerprint density at radius 2 is 1.97 bits per heavy atom. The molecule has 0 saturated carbocycles. The van der Waals surface area contributed by atoms with E-state index in [2.05, 4.69) is 43.3 Å². The van der Waals surface area contributed by atoms with Crippen LogP contribution in [0.5, 0.6) is 11.6 Å². The first-order valence-corrected chi connectivity index (χ1v) is 10.3. The van der Waals surface area contributed by atoms with Gasteiger partial charge < -0.3 is 19.8 Å². The highest BCUT2D eigenvalue weighted by Crippen LogP contribution is 2.50. The van der Waals surface area contributed by atoms with Crippen molar-refractivity contribution in [3.05, 3.63) is 78.0 Å². The number of nitrogens with two attached hydrogens (primary N) is 1. The normalized spacial score (nSPS) is 15.1. The van der Waals surface area contributed by atoms with E-state index < -0.39 is 0 Å². The first kappa shape index (κ1) is 18.6. The van der Waals surface area contributed by atoms with Crippen LogP contribution in [0.1, 0.15) is 29.2 Å². The van der Waals surface area contributed by atoms with Gasteiger partial charge in [-0.3, -0.25) is 0 Å². The van der Waals surface area contributed by atoms with E-state index in [1.54, 1.807) is 12.6 Å². The minimum atomic E-state index is -0.164. The summed E-state index contributed by atoms with van der Waals surface area (Å²) in [6, 6.07) is 16.4. The number of quaternary nitrogens is 1. The molecule has 1 atom stereocenters. The molecular formula is C24H26N4O2+2. The number of nitrogen functional groups attached to an aromatic ring is 1. The third-order valence-corrected chi connectivity index (χ3v) is 5.74. The van der Waals surface area contributed by atoms with Gasteiger partial charge in [-0.05, 0) is 17.5 Å². The van der Waals surface area contributed by atoms with Crippen LogP contribution in [0.3, 0.4) is 0 Å². The Hall–Kier alpha value is -3.38. The topological polar surface area (TPSA) is 69.6 Å². The van der Waals surface area contributed by atoms with Gasteiger partial charge in [0.2, 0.25) is 12.1 Å². The van der Waals surface area contributed by atoms with Crippen LogP contribution in [0.2, 0.25) is 0 Å². The van der Waals surface area contributed by atoms with Crippen molar-refractivity contribution in [2.75, 3.05) is 26.4 Å². The van der Waals surface area contributed by atoms with Crippen LogP contribution in [-0.2, 0) is 6.54 Å². The maximum Gasteiger partial charge on any atom is 0.306 e. The fourth-order valence-corrected chi connectivity index (χ4v) is 4.26. The molecule has 0 aliphatic carbocycles. The van der Waals surface area contributed by atoms with E-state index in [4.69, 9.17) is 14.9 Å². The lowest BCUT2D eigenvalue weighted by atomic mass is 9.86. The zero-order chi connectivity index (χ0) is 20.7. The molecule has 0 bridgehead atoms. The van der Waals surface area contributed by atoms with Crippen molar-refractivity contribution in [2.24, 2.45) is 0 Å². The van der Waals surface area contributed by atoms with E-state index in [0.717, 1.165) is 52.9 Å². The molecule has 4 aromatic rings. The number of nitrogens with one attached hydrogen (secondary N) is 1. The number of rotatable bonds is 5. The second-order valence-corrected chi connectivity index (χ2v) is 8.11. The van der Waals surface area contributed by atoms with Gasteiger partial charge in [0, 0.05) is 17.4 Å². The van der Waals surface area contributed by atoms with Gasteiger partial charge in [0.15, 0.2) is 0 Å². The number of benzene rings is 2. The summed E-state index contributed by atoms with van der Waals surface area (Å²) in [5.41, 5.74) is 8.59. The van der Waals surface area contributed by atoms with Gasteiger partial charge in [-0.2, -0.15) is 0 Å². The Labute approximate surface area is 175 Å². The van der Waals surface area contributed by atoms with Gasteiger partial charge in [-0.25, -0.2) is 4.57 Å². The predicted molar refractivity (Wildman–Crippen MR) is 115 cm³/mol. The highest BCUT2D eigenvalue weighted by molar-refractivity contribution is 5.91. The number of nitrogens with zero attached hydrogens (tertiary/aromatic N) is 2. The summed E-state index contributed by atoms with van der Waals surface area (Å²) in [6.07, 6.45) is 4.51. The number of aromatic nitrogens is 2. The van der Waals surface area contributed by atoms with Crippen molar-refractivity contribution in [1.29, 1.82) is 0 Å². The number of hydrogen-bond donors (Lipinski definition) is 2. The molecule has 5 rings (SSSR count). The van der Waals surface area contributed by atoms with E-state index in [1.165, 1.54) is 4.90 Å². The van der Waals surface area contributed by atoms with Gasteiger partial charge >= 0.3 is 5.88 Å². The van der Waals surface area contributed by atoms with Crippen LogP contribution in [-0.4, -0.2) is 25.6 Å². The Morgan fingerprint density at radius 3 is 2.77 bits per heavy atom. The van der Waals surface area contributed by atoms with E-state index >= 15 is 0 Å². The zero-order valence-electron chi connectivity index (χ0n) is 17.3. The van der Waals surface area contributed by atoms with Crippen molar-refractivity contribution in [3.8, 4) is 11.6 Å². The largest absolute Gasteiger partial charge is 0.468 e. The summed E-state index contributed by atoms with van der Waals surface area (Å²) in [7, 11) is 4.31. The average Bonchev–Trinajstić information content (AvgIpc) is 3.28. The maximum absolute atomic E-state index is 6.68. The van der Waals surface area contributed by atoms with Crippen molar-refractivity contribution in [3.63, 3.8) is 0 Å². The number of hydrogen-bond acceptors (Lipinski definition) is 4. The molecule has 0 amide bonds. The Balaban J connectivity index is 1.66. The molecule has 0 saturated heterocycles. The average molecular weight is 402 g/mol. The fraction of sp³-hybridized carbons (Fsp3) is 0.250. The summed E-state index contributed by atoms with van der Waals surface area (Å²) in [5, 5.41) is 2.19. The fourth-order valence-electron chi connectivity index (χ4n) is 4.26. The molecule has 6 nitrogen and oxygen atoms in total. The van der Waals surface area contributed by atoms with E-state index in [1.807, 2.05) is 28.8 Å². The molecular weight excluding hydrogens is 376 g/mol. The first-order chi connectivity index (χ1) is 14.6. The number of ether oxygens (including phenoxy) is 1. The lowest BCUT2D eigenvalue weighted by Crippen LogP contribution is -3.05. The molecule has 3 heterocycles. The molecule has 0 spiro atoms. The first-order valence-electron chi connectivity index (χ1n) is 10.3. The third kappa shape index (κ3) is 3.09. The van der Waals surface area contributed by atoms with Gasteiger partial charge in [-0.15, -0.1) is 0 Å². The van der Waals surface area contributed by atoms with Crippen molar-refractivity contribution >= 4 is 16.6 Å². The lowest BCUT2D eigenvalue weighted by Gasteiger charge is -2.26. The summed E-state index contributed by atoms with van der Waals surface area (Å²) < 4.78 is 14.2. The maximum atomic E-state index is 6.68. The molecule has 0 unspecified atom stereocenters. The molecule has 0 fully saturated rings. The SMILES string of the molecule is C[NH+](C)CCC[n+]1cnc2c(c1N)[C@@H](c1ccco1)c1ccc3ccccc3c1O2. The van der Waals surface area contributed by atoms with Crippen LogP contribution in [0, 0.1) is 0 Å². The minimum absolute atomic E-state index is 0.164. The Bertz CT molecular complexity index is 1200. The second kappa shape index (κ2) is 7.46. The number of aryl methyl sites for hydroxylation is 1. The monoisotopic (exact) mass is 402 g/mol. The second-order valence-electron chi connectivity index (χ2n) is 8.11. The molecule has 1 aliphatic rings. The smallest absolute Gasteiger partial charge is 0.306 e. The number of anilines is 1. The molecule has 2 aromatic heterocycles. The van der Waals surface area contributed by atoms with Crippen LogP contribution in [0.15, 0.2) is 65.5 Å². The Kier molecular flexibility index (Phi) is 4.64. The third-order valence-electron chi connectivity index (χ3n) is 5.74. The summed E-state index contributed by atoms with van der Waals surface area (Å²) in [6.45, 7) is 1.88. The summed E-state index contributed by atoms with van der Waals surface area (Å²) in [4.78, 5) is 6.07. The highest BCUT2D eigenvalue weighted by Gasteiger charge is 2.38. The van der Waals surface area contributed by atoms with Crippen LogP contribution in [0.4, 0.5) is 5.82 Å². The molecule has 152 valence electrons. The highest BCUT2D eigenvalue weighted by atomic mass is 16.5. The predicted octanol–water partition coefficient (Wildman–Crippen LogP) is 2.52. The van der Waals surface area contributed by atoms with Gasteiger partial charge in [0.1, 0.15) is 17.1 Å². The minimum Gasteiger partial charge on any atom is -0.468 e. The van der Waals surface area contributed by atoms with Crippen molar-refractivity contribution < 1.29 is 18.6 Å². The molecule has 2 aromatic carbocycles. The quantitative estimate of drug-likeness (QED) is 0.443. The molecule has 30 heavy (non-hydrogen) atoms. The van der Waals surface area contributed by atoms with Gasteiger partial charge in [0.05, 0.1) is 39.4 Å². The van der Waals surface area contributed by atoms with Crippen LogP contribution < -0.4 is 19.9 Å². The molecule has 0 radical (unpaired) electrons. The Morgan fingerprint density at radius 1 is 1.10 bits per heavy atom. The van der Waals surface area contributed by atoms with Crippen LogP contribution in [0.25, 0.3) is 10.8 Å². The van der Waals surface area contributed by atoms with Crippen LogP contribution >= 0.6 is 0 Å². The molecule has 3 N–H and O–H groups in total. The van der Waals surface area contributed by atoms with Crippen molar-refractivity contribution in [2.45, 2.75) is 18.9 Å². The number of furan rings is 1. The van der Waals surface area contributed by atoms with E-state index in [0.29, 0.717) is 11.7 Å². The standard InChI is InChI=1S/C24H24N4O2/c1-27(2)12-6-13-28-15-26-24-21(23(28)25)20(19-9-5-14-29-19)18-11-10-16-7-3-4-8-17(16)22(18)30-24/h3-5,7-11,14-15,20,25H,6,12-13H2,1-2H3/p+2/t20-/m1/s1.